The second kappa shape index (κ2) is 11.6. The Kier molecular flexibility index (Phi) is 6.46. The molecule has 1 aliphatic heterocycles. The number of anilines is 3. The van der Waals surface area contributed by atoms with Crippen LogP contribution in [0, 0.1) is 20.8 Å². The Morgan fingerprint density at radius 1 is 0.714 bits per heavy atom. The number of para-hydroxylation sites is 3. The second-order valence-corrected chi connectivity index (χ2v) is 14.3. The zero-order chi connectivity index (χ0) is 36.5. The SMILES string of the molecule is [2H]C([2H])([2H])N1CN(c2cc(Oc3ccc4c5ccccc5n(-c5cc(C(C)(C)C)ccn5)c4c3)cc(-c3c(C)cc(C)cc3C)c2)c2ccccc21. The summed E-state index contributed by atoms with van der Waals surface area (Å²) in [6.45, 7) is 10.9. The van der Waals surface area contributed by atoms with E-state index in [0.717, 1.165) is 50.1 Å². The number of hydrogen-bond acceptors (Lipinski definition) is 4. The minimum atomic E-state index is -2.29. The van der Waals surface area contributed by atoms with Gasteiger partial charge in [-0.3, -0.25) is 4.57 Å². The highest BCUT2D eigenvalue weighted by Gasteiger charge is 2.25. The molecule has 0 fully saturated rings. The largest absolute Gasteiger partial charge is 0.457 e. The molecule has 0 spiro atoms. The molecule has 0 N–H and O–H groups in total. The van der Waals surface area contributed by atoms with Gasteiger partial charge in [-0.15, -0.1) is 0 Å². The maximum absolute atomic E-state index is 8.29. The maximum Gasteiger partial charge on any atom is 0.137 e. The molecule has 3 heterocycles. The molecular formula is C44H42N4O. The summed E-state index contributed by atoms with van der Waals surface area (Å²) in [5.41, 5.74) is 11.3. The van der Waals surface area contributed by atoms with Crippen molar-refractivity contribution in [2.24, 2.45) is 0 Å². The number of aryl methyl sites for hydroxylation is 3. The van der Waals surface area contributed by atoms with E-state index in [-0.39, 0.29) is 12.1 Å². The van der Waals surface area contributed by atoms with Gasteiger partial charge in [0, 0.05) is 45.9 Å². The summed E-state index contributed by atoms with van der Waals surface area (Å²) >= 11 is 0. The highest BCUT2D eigenvalue weighted by molar-refractivity contribution is 6.09. The Balaban J connectivity index is 1.28. The van der Waals surface area contributed by atoms with E-state index in [9.17, 15) is 0 Å². The van der Waals surface area contributed by atoms with Crippen LogP contribution in [0.25, 0.3) is 38.8 Å². The van der Waals surface area contributed by atoms with Crippen LogP contribution < -0.4 is 14.5 Å². The first-order valence-corrected chi connectivity index (χ1v) is 16.8. The minimum absolute atomic E-state index is 0.0298. The van der Waals surface area contributed by atoms with E-state index in [0.29, 0.717) is 17.2 Å². The van der Waals surface area contributed by atoms with E-state index in [1.165, 1.54) is 27.2 Å². The smallest absolute Gasteiger partial charge is 0.137 e. The van der Waals surface area contributed by atoms with Gasteiger partial charge in [0.25, 0.3) is 0 Å². The van der Waals surface area contributed by atoms with Gasteiger partial charge in [0.05, 0.1) is 29.1 Å². The topological polar surface area (TPSA) is 33.5 Å². The van der Waals surface area contributed by atoms with Crippen LogP contribution >= 0.6 is 0 Å². The first-order chi connectivity index (χ1) is 24.8. The summed E-state index contributed by atoms with van der Waals surface area (Å²) < 4.78 is 33.9. The fraction of sp³-hybridized carbons (Fsp3) is 0.205. The summed E-state index contributed by atoms with van der Waals surface area (Å²) in [5, 5.41) is 2.26. The van der Waals surface area contributed by atoms with Crippen molar-refractivity contribution in [2.45, 2.75) is 47.0 Å². The lowest BCUT2D eigenvalue weighted by atomic mass is 9.88. The molecule has 244 valence electrons. The number of hydrogen-bond donors (Lipinski definition) is 0. The number of pyridine rings is 1. The highest BCUT2D eigenvalue weighted by Crippen LogP contribution is 2.44. The van der Waals surface area contributed by atoms with Crippen LogP contribution in [0.4, 0.5) is 17.1 Å². The van der Waals surface area contributed by atoms with Gasteiger partial charge in [-0.25, -0.2) is 4.98 Å². The molecule has 0 aliphatic carbocycles. The third-order valence-electron chi connectivity index (χ3n) is 9.64. The Morgan fingerprint density at radius 2 is 1.45 bits per heavy atom. The van der Waals surface area contributed by atoms with Crippen molar-refractivity contribution in [1.82, 2.24) is 9.55 Å². The van der Waals surface area contributed by atoms with Crippen molar-refractivity contribution in [1.29, 1.82) is 0 Å². The quantitative estimate of drug-likeness (QED) is 0.186. The zero-order valence-electron chi connectivity index (χ0n) is 31.9. The number of aromatic nitrogens is 2. The van der Waals surface area contributed by atoms with Gasteiger partial charge in [0.15, 0.2) is 0 Å². The molecule has 5 aromatic carbocycles. The Bertz CT molecular complexity index is 2490. The summed E-state index contributed by atoms with van der Waals surface area (Å²) in [6, 6.07) is 37.3. The molecule has 0 saturated carbocycles. The van der Waals surface area contributed by atoms with Gasteiger partial charge in [-0.1, -0.05) is 68.8 Å². The Labute approximate surface area is 293 Å². The molecule has 7 aromatic rings. The molecule has 8 rings (SSSR count). The second-order valence-electron chi connectivity index (χ2n) is 14.3. The standard InChI is InChI=1S/C44H42N4O/c1-28-20-29(2)43(30(3)21-28)31-22-33(47-27-46(7)39-14-10-11-15-40(39)47)25-35(23-31)49-34-16-17-37-36-12-8-9-13-38(36)48(41(37)26-34)42-24-32(18-19-45-42)44(4,5)6/h8-26H,27H2,1-7H3/i7D3. The van der Waals surface area contributed by atoms with Crippen molar-refractivity contribution in [3.63, 3.8) is 0 Å². The molecule has 5 nitrogen and oxygen atoms in total. The predicted octanol–water partition coefficient (Wildman–Crippen LogP) is 11.4. The lowest BCUT2D eigenvalue weighted by molar-refractivity contribution is 0.483. The fourth-order valence-electron chi connectivity index (χ4n) is 7.42. The number of benzene rings is 5. The van der Waals surface area contributed by atoms with E-state index in [2.05, 4.69) is 124 Å². The average Bonchev–Trinajstić information content (AvgIpc) is 3.64. The van der Waals surface area contributed by atoms with Crippen LogP contribution in [-0.2, 0) is 5.41 Å². The molecule has 1 aliphatic rings. The molecule has 0 atom stereocenters. The van der Waals surface area contributed by atoms with Gasteiger partial charge in [-0.05, 0) is 109 Å². The predicted molar refractivity (Wildman–Crippen MR) is 205 cm³/mol. The molecular weight excluding hydrogens is 601 g/mol. The van der Waals surface area contributed by atoms with Crippen LogP contribution in [0.2, 0.25) is 0 Å². The normalized spacial score (nSPS) is 14.2. The summed E-state index contributed by atoms with van der Waals surface area (Å²) in [5.74, 6) is 2.21. The number of nitrogens with zero attached hydrogens (tertiary/aromatic N) is 4. The van der Waals surface area contributed by atoms with Crippen LogP contribution in [0.3, 0.4) is 0 Å². The summed E-state index contributed by atoms with van der Waals surface area (Å²) in [6.07, 6.45) is 1.89. The molecule has 0 unspecified atom stereocenters. The molecule has 0 saturated heterocycles. The highest BCUT2D eigenvalue weighted by atomic mass is 16.5. The van der Waals surface area contributed by atoms with Crippen LogP contribution in [0.5, 0.6) is 11.5 Å². The number of rotatable bonds is 5. The van der Waals surface area contributed by atoms with E-state index in [1.807, 2.05) is 42.6 Å². The van der Waals surface area contributed by atoms with Crippen LogP contribution in [0.1, 0.15) is 47.1 Å². The van der Waals surface area contributed by atoms with E-state index in [1.54, 1.807) is 0 Å². The minimum Gasteiger partial charge on any atom is -0.457 e. The van der Waals surface area contributed by atoms with Gasteiger partial charge < -0.3 is 14.5 Å². The fourth-order valence-corrected chi connectivity index (χ4v) is 7.42. The zero-order valence-corrected chi connectivity index (χ0v) is 28.9. The average molecular weight is 646 g/mol. The van der Waals surface area contributed by atoms with Crippen molar-refractivity contribution < 1.29 is 8.85 Å². The van der Waals surface area contributed by atoms with Crippen LogP contribution in [0.15, 0.2) is 115 Å². The summed E-state index contributed by atoms with van der Waals surface area (Å²) in [4.78, 5) is 8.39. The monoisotopic (exact) mass is 645 g/mol. The molecule has 49 heavy (non-hydrogen) atoms. The van der Waals surface area contributed by atoms with Crippen molar-refractivity contribution in [2.75, 3.05) is 23.4 Å². The van der Waals surface area contributed by atoms with E-state index >= 15 is 0 Å². The Hall–Kier alpha value is -5.55. The van der Waals surface area contributed by atoms with Crippen molar-refractivity contribution >= 4 is 38.9 Å². The molecule has 0 amide bonds. The van der Waals surface area contributed by atoms with Gasteiger partial charge in [0.2, 0.25) is 0 Å². The number of fused-ring (bicyclic) bond motifs is 4. The third kappa shape index (κ3) is 5.40. The van der Waals surface area contributed by atoms with Gasteiger partial charge in [-0.2, -0.15) is 0 Å². The first kappa shape index (κ1) is 27.4. The summed E-state index contributed by atoms with van der Waals surface area (Å²) in [7, 11) is 0. The maximum atomic E-state index is 8.29. The van der Waals surface area contributed by atoms with Gasteiger partial charge >= 0.3 is 0 Å². The molecule has 0 bridgehead atoms. The lowest BCUT2D eigenvalue weighted by Crippen LogP contribution is -2.24. The third-order valence-corrected chi connectivity index (χ3v) is 9.64. The Morgan fingerprint density at radius 3 is 2.22 bits per heavy atom. The first-order valence-electron chi connectivity index (χ1n) is 18.3. The van der Waals surface area contributed by atoms with Gasteiger partial charge in [0.1, 0.15) is 17.3 Å². The molecule has 0 radical (unpaired) electrons. The number of ether oxygens (including phenoxy) is 1. The van der Waals surface area contributed by atoms with E-state index in [4.69, 9.17) is 13.8 Å². The van der Waals surface area contributed by atoms with Crippen molar-refractivity contribution in [3.8, 4) is 28.4 Å². The van der Waals surface area contributed by atoms with Crippen LogP contribution in [-0.4, -0.2) is 23.2 Å². The molecule has 2 aromatic heterocycles. The van der Waals surface area contributed by atoms with E-state index < -0.39 is 6.98 Å². The lowest BCUT2D eigenvalue weighted by Gasteiger charge is -2.22. The molecule has 5 heteroatoms. The van der Waals surface area contributed by atoms with Crippen molar-refractivity contribution in [3.05, 3.63) is 138 Å².